The average molecular weight is 382 g/mol. The number of nitrogens with one attached hydrogen (secondary N) is 2. The number of carbonyl (C=O) groups is 1. The van der Waals surface area contributed by atoms with Gasteiger partial charge in [-0.25, -0.2) is 4.98 Å². The van der Waals surface area contributed by atoms with Gasteiger partial charge in [0.15, 0.2) is 0 Å². The van der Waals surface area contributed by atoms with E-state index in [4.69, 9.17) is 0 Å². The van der Waals surface area contributed by atoms with Crippen LogP contribution in [-0.2, 0) is 11.0 Å². The first-order valence-corrected chi connectivity index (χ1v) is 9.27. The number of aromatic nitrogens is 3. The summed E-state index contributed by atoms with van der Waals surface area (Å²) in [5.41, 5.74) is 0.831. The van der Waals surface area contributed by atoms with Crippen molar-refractivity contribution in [2.75, 3.05) is 17.3 Å². The van der Waals surface area contributed by atoms with Crippen molar-refractivity contribution >= 4 is 34.4 Å². The highest BCUT2D eigenvalue weighted by atomic mass is 32.2. The SMILES string of the molecule is CSCC[C@@H](C(=O)Nc1ccc2nc(C(F)(F)F)[nH]c2c1)n1cccc1. The van der Waals surface area contributed by atoms with E-state index in [0.29, 0.717) is 12.1 Å². The molecule has 2 aromatic heterocycles. The first-order chi connectivity index (χ1) is 12.4. The molecule has 0 unspecified atom stereocenters. The first kappa shape index (κ1) is 18.4. The van der Waals surface area contributed by atoms with Crippen molar-refractivity contribution in [3.63, 3.8) is 0 Å². The van der Waals surface area contributed by atoms with Crippen LogP contribution in [0, 0.1) is 0 Å². The molecule has 0 saturated carbocycles. The molecule has 0 radical (unpaired) electrons. The second kappa shape index (κ2) is 7.45. The van der Waals surface area contributed by atoms with Gasteiger partial charge in [-0.1, -0.05) is 0 Å². The zero-order valence-corrected chi connectivity index (χ0v) is 14.7. The second-order valence-electron chi connectivity index (χ2n) is 5.73. The number of aromatic amines is 1. The molecule has 0 aliphatic heterocycles. The summed E-state index contributed by atoms with van der Waals surface area (Å²) in [6.07, 6.45) is 1.71. The third-order valence-electron chi connectivity index (χ3n) is 3.90. The highest BCUT2D eigenvalue weighted by Crippen LogP contribution is 2.29. The maximum Gasteiger partial charge on any atom is 0.449 e. The van der Waals surface area contributed by atoms with Gasteiger partial charge in [-0.3, -0.25) is 4.79 Å². The molecule has 2 N–H and O–H groups in total. The first-order valence-electron chi connectivity index (χ1n) is 7.87. The van der Waals surface area contributed by atoms with Crippen LogP contribution in [0.1, 0.15) is 18.3 Å². The molecule has 0 aliphatic carbocycles. The highest BCUT2D eigenvalue weighted by molar-refractivity contribution is 7.98. The van der Waals surface area contributed by atoms with Crippen LogP contribution in [0.25, 0.3) is 11.0 Å². The van der Waals surface area contributed by atoms with Gasteiger partial charge < -0.3 is 14.9 Å². The molecule has 1 aromatic carbocycles. The fourth-order valence-electron chi connectivity index (χ4n) is 2.65. The molecule has 5 nitrogen and oxygen atoms in total. The summed E-state index contributed by atoms with van der Waals surface area (Å²) in [6, 6.07) is 7.74. The van der Waals surface area contributed by atoms with E-state index in [2.05, 4.69) is 15.3 Å². The number of rotatable bonds is 6. The number of thioether (sulfide) groups is 1. The number of hydrogen-bond donors (Lipinski definition) is 2. The lowest BCUT2D eigenvalue weighted by molar-refractivity contribution is -0.144. The van der Waals surface area contributed by atoms with Crippen LogP contribution < -0.4 is 5.32 Å². The van der Waals surface area contributed by atoms with E-state index in [-0.39, 0.29) is 23.0 Å². The minimum absolute atomic E-state index is 0.194. The Balaban J connectivity index is 1.81. The van der Waals surface area contributed by atoms with Crippen molar-refractivity contribution in [2.24, 2.45) is 0 Å². The lowest BCUT2D eigenvalue weighted by Gasteiger charge is -2.18. The van der Waals surface area contributed by atoms with Gasteiger partial charge in [0.25, 0.3) is 0 Å². The van der Waals surface area contributed by atoms with Crippen LogP contribution in [-0.4, -0.2) is 32.5 Å². The Hall–Kier alpha value is -2.42. The Morgan fingerprint density at radius 2 is 2.08 bits per heavy atom. The van der Waals surface area contributed by atoms with E-state index in [0.717, 1.165) is 5.75 Å². The summed E-state index contributed by atoms with van der Waals surface area (Å²) < 4.78 is 40.1. The van der Waals surface area contributed by atoms with Crippen molar-refractivity contribution in [3.05, 3.63) is 48.5 Å². The van der Waals surface area contributed by atoms with Crippen LogP contribution in [0.15, 0.2) is 42.7 Å². The fraction of sp³-hybridized carbons (Fsp3) is 0.294. The Kier molecular flexibility index (Phi) is 5.26. The largest absolute Gasteiger partial charge is 0.449 e. The molecule has 0 aliphatic rings. The van der Waals surface area contributed by atoms with Crippen molar-refractivity contribution in [1.29, 1.82) is 0 Å². The molecule has 2 heterocycles. The zero-order valence-electron chi connectivity index (χ0n) is 13.9. The van der Waals surface area contributed by atoms with E-state index in [1.54, 1.807) is 17.8 Å². The Bertz CT molecular complexity index is 889. The molecule has 0 bridgehead atoms. The van der Waals surface area contributed by atoms with Gasteiger partial charge in [0.1, 0.15) is 6.04 Å². The number of nitrogens with zero attached hydrogens (tertiary/aromatic N) is 2. The maximum atomic E-state index is 12.7. The van der Waals surface area contributed by atoms with Crippen LogP contribution in [0.2, 0.25) is 0 Å². The van der Waals surface area contributed by atoms with E-state index in [1.165, 1.54) is 12.1 Å². The van der Waals surface area contributed by atoms with E-state index in [9.17, 15) is 18.0 Å². The number of fused-ring (bicyclic) bond motifs is 1. The predicted molar refractivity (Wildman–Crippen MR) is 96.2 cm³/mol. The smallest absolute Gasteiger partial charge is 0.342 e. The number of halogens is 3. The molecule has 0 spiro atoms. The summed E-state index contributed by atoms with van der Waals surface area (Å²) in [4.78, 5) is 18.4. The molecular formula is C17H17F3N4OS. The molecule has 0 saturated heterocycles. The molecule has 9 heteroatoms. The number of amides is 1. The summed E-state index contributed by atoms with van der Waals surface area (Å²) in [5.74, 6) is -0.462. The third-order valence-corrected chi connectivity index (χ3v) is 4.55. The van der Waals surface area contributed by atoms with Crippen LogP contribution in [0.5, 0.6) is 0 Å². The zero-order chi connectivity index (χ0) is 18.7. The summed E-state index contributed by atoms with van der Waals surface area (Å²) in [5, 5.41) is 2.78. The van der Waals surface area contributed by atoms with Gasteiger partial charge in [0.2, 0.25) is 11.7 Å². The number of benzene rings is 1. The average Bonchev–Trinajstić information content (AvgIpc) is 3.23. The summed E-state index contributed by atoms with van der Waals surface area (Å²) >= 11 is 1.64. The quantitative estimate of drug-likeness (QED) is 0.668. The second-order valence-corrected chi connectivity index (χ2v) is 6.72. The van der Waals surface area contributed by atoms with Crippen molar-refractivity contribution in [3.8, 4) is 0 Å². The highest BCUT2D eigenvalue weighted by Gasteiger charge is 2.34. The standard InChI is InChI=1S/C17H17F3N4OS/c1-26-9-6-14(24-7-2-3-8-24)15(25)21-11-4-5-12-13(10-11)23-16(22-12)17(18,19)20/h2-5,7-8,10,14H,6,9H2,1H3,(H,21,25)(H,22,23)/t14-/m0/s1. The number of carbonyl (C=O) groups excluding carboxylic acids is 1. The van der Waals surface area contributed by atoms with Crippen LogP contribution in [0.4, 0.5) is 18.9 Å². The summed E-state index contributed by atoms with van der Waals surface area (Å²) in [6.45, 7) is 0. The summed E-state index contributed by atoms with van der Waals surface area (Å²) in [7, 11) is 0. The lowest BCUT2D eigenvalue weighted by atomic mass is 10.2. The van der Waals surface area contributed by atoms with Gasteiger partial charge >= 0.3 is 6.18 Å². The monoisotopic (exact) mass is 382 g/mol. The molecule has 26 heavy (non-hydrogen) atoms. The Labute approximate surface area is 152 Å². The van der Waals surface area contributed by atoms with E-state index in [1.807, 2.05) is 35.3 Å². The van der Waals surface area contributed by atoms with Crippen molar-refractivity contribution < 1.29 is 18.0 Å². The number of alkyl halides is 3. The molecule has 1 atom stereocenters. The predicted octanol–water partition coefficient (Wildman–Crippen LogP) is 4.32. The van der Waals surface area contributed by atoms with Gasteiger partial charge in [0.05, 0.1) is 11.0 Å². The minimum atomic E-state index is -4.54. The number of anilines is 1. The Morgan fingerprint density at radius 3 is 2.73 bits per heavy atom. The lowest BCUT2D eigenvalue weighted by Crippen LogP contribution is -2.25. The molecule has 0 fully saturated rings. The van der Waals surface area contributed by atoms with Gasteiger partial charge in [0, 0.05) is 18.1 Å². The molecule has 3 aromatic rings. The number of hydrogen-bond acceptors (Lipinski definition) is 3. The number of H-pyrrole nitrogens is 1. The molecule has 138 valence electrons. The third kappa shape index (κ3) is 4.04. The van der Waals surface area contributed by atoms with Crippen LogP contribution >= 0.6 is 11.8 Å². The minimum Gasteiger partial charge on any atom is -0.342 e. The molecule has 1 amide bonds. The van der Waals surface area contributed by atoms with Crippen molar-refractivity contribution in [2.45, 2.75) is 18.6 Å². The van der Waals surface area contributed by atoms with Gasteiger partial charge in [-0.15, -0.1) is 0 Å². The van der Waals surface area contributed by atoms with Crippen molar-refractivity contribution in [1.82, 2.24) is 14.5 Å². The number of imidazole rings is 1. The van der Waals surface area contributed by atoms with Gasteiger partial charge in [-0.05, 0) is 48.8 Å². The van der Waals surface area contributed by atoms with E-state index >= 15 is 0 Å². The molecular weight excluding hydrogens is 365 g/mol. The fourth-order valence-corrected chi connectivity index (χ4v) is 3.11. The Morgan fingerprint density at radius 1 is 1.35 bits per heavy atom. The topological polar surface area (TPSA) is 62.7 Å². The maximum absolute atomic E-state index is 12.7. The van der Waals surface area contributed by atoms with Gasteiger partial charge in [-0.2, -0.15) is 24.9 Å². The molecule has 3 rings (SSSR count). The van der Waals surface area contributed by atoms with E-state index < -0.39 is 12.0 Å². The van der Waals surface area contributed by atoms with Crippen LogP contribution in [0.3, 0.4) is 0 Å². The normalized spacial score (nSPS) is 13.1.